The number of rotatable bonds is 5. The van der Waals surface area contributed by atoms with E-state index in [1.54, 1.807) is 19.2 Å². The second kappa shape index (κ2) is 8.85. The Morgan fingerprint density at radius 2 is 1.72 bits per heavy atom. The van der Waals surface area contributed by atoms with Crippen molar-refractivity contribution < 1.29 is 28.7 Å². The van der Waals surface area contributed by atoms with Gasteiger partial charge >= 0.3 is 5.97 Å². The number of nitrogens with zero attached hydrogens (tertiary/aromatic N) is 2. The summed E-state index contributed by atoms with van der Waals surface area (Å²) in [5.41, 5.74) is 2.02. The molecule has 2 aromatic rings. The van der Waals surface area contributed by atoms with E-state index in [2.05, 4.69) is 0 Å². The molecule has 5 rings (SSSR count). The van der Waals surface area contributed by atoms with Crippen LogP contribution < -0.4 is 4.74 Å². The molecule has 3 fully saturated rings. The Morgan fingerprint density at radius 3 is 2.36 bits per heavy atom. The SMILES string of the molecule is COC(=O)[C@@]12CCCCN1[C@H](c1ccc(-c3ccc(C(C)=O)cc3)c(OC)c1)[C@@H]1C(=O)N(C)C(=O)[C@@H]12. The number of methoxy groups -OCH3 is 2. The Hall–Kier alpha value is -3.52. The van der Waals surface area contributed by atoms with Crippen LogP contribution in [0.2, 0.25) is 0 Å². The van der Waals surface area contributed by atoms with Gasteiger partial charge < -0.3 is 9.47 Å². The molecule has 2 aromatic carbocycles. The van der Waals surface area contributed by atoms with Crippen LogP contribution in [-0.2, 0) is 19.1 Å². The number of benzene rings is 2. The van der Waals surface area contributed by atoms with Crippen molar-refractivity contribution in [3.8, 4) is 16.9 Å². The zero-order valence-corrected chi connectivity index (χ0v) is 20.9. The quantitative estimate of drug-likeness (QED) is 0.361. The highest BCUT2D eigenvalue weighted by Gasteiger charge is 2.72. The molecule has 0 N–H and O–H groups in total. The van der Waals surface area contributed by atoms with Crippen LogP contribution in [-0.4, -0.2) is 66.7 Å². The van der Waals surface area contributed by atoms with E-state index in [4.69, 9.17) is 9.47 Å². The van der Waals surface area contributed by atoms with Gasteiger partial charge in [-0.25, -0.2) is 0 Å². The summed E-state index contributed by atoms with van der Waals surface area (Å²) >= 11 is 0. The number of imide groups is 1. The molecule has 8 nitrogen and oxygen atoms in total. The number of ether oxygens (including phenoxy) is 2. The molecule has 2 amide bonds. The van der Waals surface area contributed by atoms with Gasteiger partial charge in [-0.05, 0) is 49.9 Å². The summed E-state index contributed by atoms with van der Waals surface area (Å²) < 4.78 is 11.0. The molecule has 36 heavy (non-hydrogen) atoms. The van der Waals surface area contributed by atoms with Gasteiger partial charge in [0.05, 0.1) is 26.1 Å². The number of fused-ring (bicyclic) bond motifs is 3. The summed E-state index contributed by atoms with van der Waals surface area (Å²) in [5, 5.41) is 0. The zero-order chi connectivity index (χ0) is 25.8. The normalized spacial score (nSPS) is 27.6. The van der Waals surface area contributed by atoms with Gasteiger partial charge in [0.1, 0.15) is 11.3 Å². The average Bonchev–Trinajstić information content (AvgIpc) is 3.33. The molecule has 0 saturated carbocycles. The summed E-state index contributed by atoms with van der Waals surface area (Å²) in [6, 6.07) is 12.6. The standard InChI is InChI=1S/C28H30N2O6/c1-16(31)17-7-9-18(10-8-17)20-12-11-19(15-21(20)35-3)24-22-23(26(33)29(2)25(22)32)28(27(34)36-4)13-5-6-14-30(24)28/h7-12,15,22-24H,5-6,13-14H2,1-4H3/t22-,23-,24-,28+/m1/s1. The molecule has 3 aliphatic heterocycles. The number of esters is 1. The molecule has 0 aliphatic carbocycles. The Morgan fingerprint density at radius 1 is 1.00 bits per heavy atom. The van der Waals surface area contributed by atoms with Gasteiger partial charge in [-0.2, -0.15) is 0 Å². The third-order valence-electron chi connectivity index (χ3n) is 8.19. The average molecular weight is 491 g/mol. The van der Waals surface area contributed by atoms with Crippen molar-refractivity contribution in [1.29, 1.82) is 0 Å². The van der Waals surface area contributed by atoms with E-state index in [1.165, 1.54) is 26.0 Å². The molecule has 0 radical (unpaired) electrons. The van der Waals surface area contributed by atoms with Crippen LogP contribution >= 0.6 is 0 Å². The molecule has 188 valence electrons. The smallest absolute Gasteiger partial charge is 0.327 e. The Balaban J connectivity index is 1.62. The molecule has 0 aromatic heterocycles. The lowest BCUT2D eigenvalue weighted by atomic mass is 9.75. The van der Waals surface area contributed by atoms with Crippen molar-refractivity contribution in [2.24, 2.45) is 11.8 Å². The predicted molar refractivity (Wildman–Crippen MR) is 131 cm³/mol. The number of piperidine rings is 1. The molecule has 3 aliphatic rings. The second-order valence-electron chi connectivity index (χ2n) is 9.84. The Labute approximate surface area is 210 Å². The molecule has 3 heterocycles. The summed E-state index contributed by atoms with van der Waals surface area (Å²) in [6.07, 6.45) is 2.12. The number of carbonyl (C=O) groups excluding carboxylic acids is 4. The van der Waals surface area contributed by atoms with E-state index in [-0.39, 0.29) is 17.6 Å². The van der Waals surface area contributed by atoms with E-state index in [1.807, 2.05) is 35.2 Å². The monoisotopic (exact) mass is 490 g/mol. The number of hydrogen-bond donors (Lipinski definition) is 0. The first-order chi connectivity index (χ1) is 17.3. The molecule has 0 bridgehead atoms. The fraction of sp³-hybridized carbons (Fsp3) is 0.429. The maximum Gasteiger partial charge on any atom is 0.327 e. The van der Waals surface area contributed by atoms with Gasteiger partial charge in [-0.3, -0.25) is 29.0 Å². The Kier molecular flexibility index (Phi) is 5.95. The molecule has 4 atom stereocenters. The van der Waals surface area contributed by atoms with Gasteiger partial charge in [0.25, 0.3) is 0 Å². The number of ketones is 1. The summed E-state index contributed by atoms with van der Waals surface area (Å²) in [5.74, 6) is -1.89. The predicted octanol–water partition coefficient (Wildman–Crippen LogP) is 3.25. The molecule has 3 saturated heterocycles. The number of likely N-dealkylation sites (tertiary alicyclic amines) is 1. The number of hydrogen-bond acceptors (Lipinski definition) is 7. The van der Waals surface area contributed by atoms with E-state index >= 15 is 0 Å². The number of carbonyl (C=O) groups is 4. The molecule has 0 spiro atoms. The van der Waals surface area contributed by atoms with Gasteiger partial charge in [-0.15, -0.1) is 0 Å². The topological polar surface area (TPSA) is 93.2 Å². The van der Waals surface area contributed by atoms with Gasteiger partial charge in [-0.1, -0.05) is 36.4 Å². The lowest BCUT2D eigenvalue weighted by Crippen LogP contribution is -2.59. The fourth-order valence-electron chi connectivity index (χ4n) is 6.52. The lowest BCUT2D eigenvalue weighted by molar-refractivity contribution is -0.163. The van der Waals surface area contributed by atoms with Crippen molar-refractivity contribution in [2.75, 3.05) is 27.8 Å². The van der Waals surface area contributed by atoms with Gasteiger partial charge in [0, 0.05) is 24.2 Å². The minimum absolute atomic E-state index is 0.00369. The largest absolute Gasteiger partial charge is 0.496 e. The van der Waals surface area contributed by atoms with Crippen LogP contribution in [0.4, 0.5) is 0 Å². The first-order valence-electron chi connectivity index (χ1n) is 12.2. The third-order valence-corrected chi connectivity index (χ3v) is 8.19. The minimum Gasteiger partial charge on any atom is -0.496 e. The van der Waals surface area contributed by atoms with Crippen LogP contribution in [0.5, 0.6) is 5.75 Å². The fourth-order valence-corrected chi connectivity index (χ4v) is 6.52. The third kappa shape index (κ3) is 3.31. The number of Topliss-reactive ketones (excluding diaryl/α,β-unsaturated/α-hetero) is 1. The van der Waals surface area contributed by atoms with Crippen LogP contribution in [0.3, 0.4) is 0 Å². The van der Waals surface area contributed by atoms with Crippen molar-refractivity contribution >= 4 is 23.6 Å². The second-order valence-corrected chi connectivity index (χ2v) is 9.84. The maximum absolute atomic E-state index is 13.4. The Bertz CT molecular complexity index is 1260. The first kappa shape index (κ1) is 24.2. The van der Waals surface area contributed by atoms with Crippen LogP contribution in [0, 0.1) is 11.8 Å². The van der Waals surface area contributed by atoms with Crippen LogP contribution in [0.25, 0.3) is 11.1 Å². The highest BCUT2D eigenvalue weighted by atomic mass is 16.5. The summed E-state index contributed by atoms with van der Waals surface area (Å²) in [7, 11) is 4.42. The van der Waals surface area contributed by atoms with Gasteiger partial charge in [0.15, 0.2) is 5.78 Å². The van der Waals surface area contributed by atoms with Crippen molar-refractivity contribution in [1.82, 2.24) is 9.80 Å². The van der Waals surface area contributed by atoms with Crippen molar-refractivity contribution in [3.05, 3.63) is 53.6 Å². The van der Waals surface area contributed by atoms with E-state index in [0.717, 1.165) is 29.5 Å². The van der Waals surface area contributed by atoms with Crippen molar-refractivity contribution in [2.45, 2.75) is 37.8 Å². The highest BCUT2D eigenvalue weighted by molar-refractivity contribution is 6.09. The van der Waals surface area contributed by atoms with E-state index < -0.39 is 29.4 Å². The van der Waals surface area contributed by atoms with Crippen molar-refractivity contribution in [3.63, 3.8) is 0 Å². The zero-order valence-electron chi connectivity index (χ0n) is 20.9. The maximum atomic E-state index is 13.4. The summed E-state index contributed by atoms with van der Waals surface area (Å²) in [4.78, 5) is 54.9. The lowest BCUT2D eigenvalue weighted by Gasteiger charge is -2.44. The number of amides is 2. The van der Waals surface area contributed by atoms with E-state index in [0.29, 0.717) is 24.3 Å². The molecule has 0 unspecified atom stereocenters. The molecule has 8 heteroatoms. The molecular formula is C28H30N2O6. The first-order valence-corrected chi connectivity index (χ1v) is 12.2. The van der Waals surface area contributed by atoms with E-state index in [9.17, 15) is 19.2 Å². The summed E-state index contributed by atoms with van der Waals surface area (Å²) in [6.45, 7) is 2.12. The minimum atomic E-state index is -1.16. The van der Waals surface area contributed by atoms with Gasteiger partial charge in [0.2, 0.25) is 11.8 Å². The highest BCUT2D eigenvalue weighted by Crippen LogP contribution is 2.58. The van der Waals surface area contributed by atoms with Crippen LogP contribution in [0.1, 0.15) is 48.1 Å². The van der Waals surface area contributed by atoms with Crippen LogP contribution in [0.15, 0.2) is 42.5 Å². The molecular weight excluding hydrogens is 460 g/mol.